The number of carbonyl (C=O) groups excluding carboxylic acids is 1. The molecule has 0 fully saturated rings. The van der Waals surface area contributed by atoms with E-state index >= 15 is 0 Å². The molecule has 0 bridgehead atoms. The van der Waals surface area contributed by atoms with Crippen molar-refractivity contribution < 1.29 is 4.79 Å². The molecule has 0 aliphatic rings. The quantitative estimate of drug-likeness (QED) is 0.756. The summed E-state index contributed by atoms with van der Waals surface area (Å²) in [5.41, 5.74) is 1.99. The summed E-state index contributed by atoms with van der Waals surface area (Å²) in [4.78, 5) is 16.0. The van der Waals surface area contributed by atoms with Crippen LogP contribution in [0.5, 0.6) is 0 Å². The summed E-state index contributed by atoms with van der Waals surface area (Å²) in [5, 5.41) is 1.55. The largest absolute Gasteiger partial charge is 0.294 e. The molecular formula is C12H10ClNOS. The van der Waals surface area contributed by atoms with E-state index in [1.54, 1.807) is 13.1 Å². The summed E-state index contributed by atoms with van der Waals surface area (Å²) in [7, 11) is 0. The van der Waals surface area contributed by atoms with Crippen LogP contribution in [0.4, 0.5) is 0 Å². The molecule has 0 unspecified atom stereocenters. The van der Waals surface area contributed by atoms with E-state index in [0.29, 0.717) is 4.88 Å². The Balaban J connectivity index is 2.42. The number of hydrogen-bond donors (Lipinski definition) is 0. The minimum atomic E-state index is 0.0435. The van der Waals surface area contributed by atoms with E-state index in [-0.39, 0.29) is 5.78 Å². The highest BCUT2D eigenvalue weighted by atomic mass is 35.5. The number of nitrogens with zero attached hydrogens (tertiary/aromatic N) is 1. The van der Waals surface area contributed by atoms with Gasteiger partial charge in [0.2, 0.25) is 0 Å². The zero-order chi connectivity index (χ0) is 11.7. The number of carbonyl (C=O) groups is 1. The number of halogens is 1. The smallest absolute Gasteiger partial charge is 0.171 e. The SMILES string of the molecule is CC(=O)c1cnc(-c2ccc(C)c(Cl)c2)s1. The molecule has 16 heavy (non-hydrogen) atoms. The topological polar surface area (TPSA) is 30.0 Å². The molecule has 4 heteroatoms. The first-order valence-corrected chi connectivity index (χ1v) is 6.00. The standard InChI is InChI=1S/C12H10ClNOS/c1-7-3-4-9(5-10(7)13)12-14-6-11(16-12)8(2)15/h3-6H,1-2H3. The van der Waals surface area contributed by atoms with Gasteiger partial charge in [-0.15, -0.1) is 11.3 Å². The number of Topliss-reactive ketones (excluding diaryl/α,β-unsaturated/α-hetero) is 1. The Morgan fingerprint density at radius 1 is 1.44 bits per heavy atom. The van der Waals surface area contributed by atoms with Crippen molar-refractivity contribution in [2.45, 2.75) is 13.8 Å². The second kappa shape index (κ2) is 4.36. The number of rotatable bonds is 2. The lowest BCUT2D eigenvalue weighted by molar-refractivity contribution is 0.102. The molecule has 2 nitrogen and oxygen atoms in total. The molecule has 2 rings (SSSR count). The van der Waals surface area contributed by atoms with Crippen LogP contribution in [0.15, 0.2) is 24.4 Å². The third-order valence-corrected chi connectivity index (χ3v) is 3.83. The van der Waals surface area contributed by atoms with Gasteiger partial charge in [-0.25, -0.2) is 4.98 Å². The van der Waals surface area contributed by atoms with Gasteiger partial charge in [-0.2, -0.15) is 0 Å². The van der Waals surface area contributed by atoms with Crippen LogP contribution in [0.25, 0.3) is 10.6 Å². The Kier molecular flexibility index (Phi) is 3.08. The van der Waals surface area contributed by atoms with Crippen molar-refractivity contribution in [3.8, 4) is 10.6 Å². The molecule has 0 N–H and O–H groups in total. The van der Waals surface area contributed by atoms with E-state index in [9.17, 15) is 4.79 Å². The Hall–Kier alpha value is -1.19. The Bertz CT molecular complexity index is 548. The van der Waals surface area contributed by atoms with Crippen molar-refractivity contribution in [1.82, 2.24) is 4.98 Å². The fourth-order valence-corrected chi connectivity index (χ4v) is 2.28. The first-order valence-electron chi connectivity index (χ1n) is 4.81. The molecule has 0 saturated heterocycles. The zero-order valence-corrected chi connectivity index (χ0v) is 10.5. The molecule has 0 spiro atoms. The van der Waals surface area contributed by atoms with Crippen LogP contribution < -0.4 is 0 Å². The maximum absolute atomic E-state index is 11.2. The van der Waals surface area contributed by atoms with Gasteiger partial charge in [0.1, 0.15) is 5.01 Å². The third-order valence-electron chi connectivity index (χ3n) is 2.27. The number of aryl methyl sites for hydroxylation is 1. The van der Waals surface area contributed by atoms with Crippen LogP contribution in [-0.2, 0) is 0 Å². The molecule has 2 aromatic rings. The lowest BCUT2D eigenvalue weighted by atomic mass is 10.1. The Morgan fingerprint density at radius 3 is 2.75 bits per heavy atom. The highest BCUT2D eigenvalue weighted by Gasteiger charge is 2.08. The third kappa shape index (κ3) is 2.15. The molecular weight excluding hydrogens is 242 g/mol. The minimum absolute atomic E-state index is 0.0435. The van der Waals surface area contributed by atoms with Gasteiger partial charge in [0.15, 0.2) is 5.78 Å². The maximum Gasteiger partial charge on any atom is 0.171 e. The molecule has 0 atom stereocenters. The molecule has 0 amide bonds. The van der Waals surface area contributed by atoms with Gasteiger partial charge >= 0.3 is 0 Å². The van der Waals surface area contributed by atoms with Crippen LogP contribution >= 0.6 is 22.9 Å². The second-order valence-electron chi connectivity index (χ2n) is 3.55. The maximum atomic E-state index is 11.2. The zero-order valence-electron chi connectivity index (χ0n) is 8.95. The molecule has 0 aliphatic heterocycles. The molecule has 82 valence electrons. The van der Waals surface area contributed by atoms with Gasteiger partial charge in [-0.3, -0.25) is 4.79 Å². The van der Waals surface area contributed by atoms with Gasteiger partial charge in [0, 0.05) is 23.7 Å². The van der Waals surface area contributed by atoms with E-state index in [4.69, 9.17) is 11.6 Å². The van der Waals surface area contributed by atoms with E-state index in [1.807, 2.05) is 25.1 Å². The minimum Gasteiger partial charge on any atom is -0.294 e. The number of thiazole rings is 1. The lowest BCUT2D eigenvalue weighted by Gasteiger charge is -2.00. The van der Waals surface area contributed by atoms with Gasteiger partial charge in [-0.1, -0.05) is 23.7 Å². The van der Waals surface area contributed by atoms with Crippen LogP contribution in [-0.4, -0.2) is 10.8 Å². The number of aromatic nitrogens is 1. The van der Waals surface area contributed by atoms with E-state index < -0.39 is 0 Å². The average molecular weight is 252 g/mol. The summed E-state index contributed by atoms with van der Waals surface area (Å²) in [5.74, 6) is 0.0435. The molecule has 1 aromatic carbocycles. The van der Waals surface area contributed by atoms with Gasteiger partial charge in [-0.05, 0) is 18.6 Å². The van der Waals surface area contributed by atoms with Crippen LogP contribution in [0.2, 0.25) is 5.02 Å². The van der Waals surface area contributed by atoms with Gasteiger partial charge < -0.3 is 0 Å². The normalized spacial score (nSPS) is 10.4. The van der Waals surface area contributed by atoms with E-state index in [2.05, 4.69) is 4.98 Å². The summed E-state index contributed by atoms with van der Waals surface area (Å²) in [6, 6.07) is 5.79. The van der Waals surface area contributed by atoms with E-state index in [0.717, 1.165) is 21.2 Å². The average Bonchev–Trinajstić information content (AvgIpc) is 2.71. The predicted octanol–water partition coefficient (Wildman–Crippen LogP) is 3.97. The highest BCUT2D eigenvalue weighted by Crippen LogP contribution is 2.28. The van der Waals surface area contributed by atoms with E-state index in [1.165, 1.54) is 11.3 Å². The van der Waals surface area contributed by atoms with Crippen molar-refractivity contribution in [1.29, 1.82) is 0 Å². The number of ketones is 1. The van der Waals surface area contributed by atoms with Crippen LogP contribution in [0, 0.1) is 6.92 Å². The summed E-state index contributed by atoms with van der Waals surface area (Å²) < 4.78 is 0. The van der Waals surface area contributed by atoms with Crippen molar-refractivity contribution in [2.75, 3.05) is 0 Å². The van der Waals surface area contributed by atoms with Crippen molar-refractivity contribution in [3.63, 3.8) is 0 Å². The number of benzene rings is 1. The molecule has 1 heterocycles. The fourth-order valence-electron chi connectivity index (χ4n) is 1.30. The fraction of sp³-hybridized carbons (Fsp3) is 0.167. The molecule has 0 radical (unpaired) electrons. The predicted molar refractivity (Wildman–Crippen MR) is 67.3 cm³/mol. The second-order valence-corrected chi connectivity index (χ2v) is 4.99. The van der Waals surface area contributed by atoms with Crippen molar-refractivity contribution >= 4 is 28.7 Å². The molecule has 0 aliphatic carbocycles. The Labute approximate surface area is 103 Å². The lowest BCUT2D eigenvalue weighted by Crippen LogP contribution is -1.83. The van der Waals surface area contributed by atoms with Crippen LogP contribution in [0.1, 0.15) is 22.2 Å². The van der Waals surface area contributed by atoms with Gasteiger partial charge in [0.05, 0.1) is 4.88 Å². The molecule has 1 aromatic heterocycles. The monoisotopic (exact) mass is 251 g/mol. The Morgan fingerprint density at radius 2 is 2.19 bits per heavy atom. The first-order chi connectivity index (χ1) is 7.58. The number of hydrogen-bond acceptors (Lipinski definition) is 3. The summed E-state index contributed by atoms with van der Waals surface area (Å²) in [6.07, 6.45) is 1.61. The van der Waals surface area contributed by atoms with Crippen molar-refractivity contribution in [2.24, 2.45) is 0 Å². The summed E-state index contributed by atoms with van der Waals surface area (Å²) >= 11 is 7.43. The summed E-state index contributed by atoms with van der Waals surface area (Å²) in [6.45, 7) is 3.49. The highest BCUT2D eigenvalue weighted by molar-refractivity contribution is 7.16. The van der Waals surface area contributed by atoms with Crippen molar-refractivity contribution in [3.05, 3.63) is 39.9 Å². The first kappa shape index (κ1) is 11.3. The van der Waals surface area contributed by atoms with Crippen LogP contribution in [0.3, 0.4) is 0 Å². The van der Waals surface area contributed by atoms with Gasteiger partial charge in [0.25, 0.3) is 0 Å². The molecule has 0 saturated carbocycles.